The largest absolute Gasteiger partial charge is 0.463 e. The van der Waals surface area contributed by atoms with Gasteiger partial charge in [0, 0.05) is 10.5 Å². The van der Waals surface area contributed by atoms with E-state index in [1.807, 2.05) is 12.1 Å². The van der Waals surface area contributed by atoms with E-state index in [1.165, 1.54) is 12.7 Å². The minimum Gasteiger partial charge on any atom is -0.463 e. The minimum atomic E-state index is -0.461. The number of hydrogen-bond acceptors (Lipinski definition) is 4. The summed E-state index contributed by atoms with van der Waals surface area (Å²) in [6.45, 7) is 2.63. The first-order valence-electron chi connectivity index (χ1n) is 6.26. The normalized spacial score (nSPS) is 12.2. The van der Waals surface area contributed by atoms with Gasteiger partial charge in [0.15, 0.2) is 0 Å². The van der Waals surface area contributed by atoms with E-state index in [9.17, 15) is 4.79 Å². The number of carbonyl (C=O) groups excluding carboxylic acids is 1. The molecule has 0 unspecified atom stereocenters. The number of nitrogens with one attached hydrogen (secondary N) is 1. The van der Waals surface area contributed by atoms with E-state index < -0.39 is 5.97 Å². The van der Waals surface area contributed by atoms with Gasteiger partial charge in [0.05, 0.1) is 13.7 Å². The smallest absolute Gasteiger partial charge is 0.373 e. The van der Waals surface area contributed by atoms with Crippen LogP contribution in [-0.4, -0.2) is 13.1 Å². The molecule has 0 aliphatic rings. The highest BCUT2D eigenvalue weighted by Crippen LogP contribution is 2.17. The van der Waals surface area contributed by atoms with Crippen molar-refractivity contribution in [2.75, 3.05) is 7.11 Å². The third kappa shape index (κ3) is 3.71. The lowest BCUT2D eigenvalue weighted by atomic mass is 10.1. The Hall–Kier alpha value is -1.59. The molecule has 5 heteroatoms. The van der Waals surface area contributed by atoms with Gasteiger partial charge in [-0.3, -0.25) is 0 Å². The van der Waals surface area contributed by atoms with Gasteiger partial charge in [0.25, 0.3) is 0 Å². The second kappa shape index (κ2) is 6.72. The molecule has 0 saturated carbocycles. The van der Waals surface area contributed by atoms with Crippen LogP contribution in [0.5, 0.6) is 0 Å². The fourth-order valence-electron chi connectivity index (χ4n) is 1.81. The van der Waals surface area contributed by atoms with Crippen LogP contribution >= 0.6 is 15.9 Å². The number of hydrogen-bond donors (Lipinski definition) is 1. The molecule has 0 amide bonds. The summed E-state index contributed by atoms with van der Waals surface area (Å²) in [4.78, 5) is 11.3. The Labute approximate surface area is 126 Å². The molecule has 0 aliphatic carbocycles. The molecular formula is C15H16BrNO3. The summed E-state index contributed by atoms with van der Waals surface area (Å²) in [7, 11) is 1.33. The Bertz CT molecular complexity index is 577. The molecule has 0 bridgehead atoms. The van der Waals surface area contributed by atoms with Gasteiger partial charge in [-0.25, -0.2) is 4.79 Å². The summed E-state index contributed by atoms with van der Waals surface area (Å²) in [6.07, 6.45) is 0. The summed E-state index contributed by atoms with van der Waals surface area (Å²) in [6, 6.07) is 11.7. The first-order chi connectivity index (χ1) is 9.60. The molecule has 2 rings (SSSR count). The molecule has 0 radical (unpaired) electrons. The molecule has 1 heterocycles. The number of rotatable bonds is 5. The average Bonchev–Trinajstić information content (AvgIpc) is 2.93. The first-order valence-corrected chi connectivity index (χ1v) is 7.05. The molecule has 0 saturated heterocycles. The van der Waals surface area contributed by atoms with Gasteiger partial charge >= 0.3 is 5.97 Å². The van der Waals surface area contributed by atoms with Crippen LogP contribution in [0.25, 0.3) is 0 Å². The van der Waals surface area contributed by atoms with Gasteiger partial charge in [-0.15, -0.1) is 0 Å². The second-order valence-electron chi connectivity index (χ2n) is 4.41. The monoisotopic (exact) mass is 337 g/mol. The van der Waals surface area contributed by atoms with E-state index in [2.05, 4.69) is 45.0 Å². The minimum absolute atomic E-state index is 0.190. The van der Waals surface area contributed by atoms with Gasteiger partial charge < -0.3 is 14.5 Å². The van der Waals surface area contributed by atoms with E-state index in [4.69, 9.17) is 4.42 Å². The third-order valence-electron chi connectivity index (χ3n) is 3.00. The highest BCUT2D eigenvalue weighted by Gasteiger charge is 2.12. The Balaban J connectivity index is 1.93. The standard InChI is InChI=1S/C15H16BrNO3/c1-10(11-3-5-12(16)6-4-11)17-9-13-7-8-14(20-13)15(18)19-2/h3-8,10,17H,9H2,1-2H3/t10-/m1/s1. The highest BCUT2D eigenvalue weighted by atomic mass is 79.9. The number of halogens is 1. The van der Waals surface area contributed by atoms with Crippen molar-refractivity contribution in [3.63, 3.8) is 0 Å². The van der Waals surface area contributed by atoms with Gasteiger partial charge in [0.1, 0.15) is 5.76 Å². The molecule has 20 heavy (non-hydrogen) atoms. The molecule has 4 nitrogen and oxygen atoms in total. The number of carbonyl (C=O) groups is 1. The van der Waals surface area contributed by atoms with Gasteiger partial charge in [-0.05, 0) is 36.8 Å². The van der Waals surface area contributed by atoms with Crippen LogP contribution in [-0.2, 0) is 11.3 Å². The number of furan rings is 1. The summed E-state index contributed by atoms with van der Waals surface area (Å²) in [5.41, 5.74) is 1.19. The van der Waals surface area contributed by atoms with Crippen molar-refractivity contribution in [2.24, 2.45) is 0 Å². The fourth-order valence-corrected chi connectivity index (χ4v) is 2.07. The SMILES string of the molecule is COC(=O)c1ccc(CN[C@H](C)c2ccc(Br)cc2)o1. The van der Waals surface area contributed by atoms with E-state index in [1.54, 1.807) is 12.1 Å². The van der Waals surface area contributed by atoms with Crippen molar-refractivity contribution >= 4 is 21.9 Å². The van der Waals surface area contributed by atoms with Crippen molar-refractivity contribution in [3.05, 3.63) is 58.0 Å². The third-order valence-corrected chi connectivity index (χ3v) is 3.53. The van der Waals surface area contributed by atoms with Crippen LogP contribution in [0.15, 0.2) is 45.3 Å². The second-order valence-corrected chi connectivity index (χ2v) is 5.33. The van der Waals surface area contributed by atoms with Gasteiger partial charge in [0.2, 0.25) is 5.76 Å². The Kier molecular flexibility index (Phi) is 4.98. The molecule has 1 aromatic carbocycles. The maximum absolute atomic E-state index is 11.3. The number of esters is 1. The van der Waals surface area contributed by atoms with Crippen LogP contribution < -0.4 is 5.32 Å². The van der Waals surface area contributed by atoms with Crippen LogP contribution in [0.2, 0.25) is 0 Å². The lowest BCUT2D eigenvalue weighted by molar-refractivity contribution is 0.0563. The molecule has 0 fully saturated rings. The Morgan fingerprint density at radius 2 is 2.00 bits per heavy atom. The van der Waals surface area contributed by atoms with Crippen LogP contribution in [0, 0.1) is 0 Å². The average molecular weight is 338 g/mol. The molecule has 0 spiro atoms. The van der Waals surface area contributed by atoms with Gasteiger partial charge in [-0.2, -0.15) is 0 Å². The lowest BCUT2D eigenvalue weighted by Crippen LogP contribution is -2.17. The summed E-state index contributed by atoms with van der Waals surface area (Å²) < 4.78 is 11.1. The van der Waals surface area contributed by atoms with Crippen LogP contribution in [0.3, 0.4) is 0 Å². The van der Waals surface area contributed by atoms with E-state index in [0.29, 0.717) is 12.3 Å². The highest BCUT2D eigenvalue weighted by molar-refractivity contribution is 9.10. The lowest BCUT2D eigenvalue weighted by Gasteiger charge is -2.13. The molecule has 1 aromatic heterocycles. The van der Waals surface area contributed by atoms with Gasteiger partial charge in [-0.1, -0.05) is 28.1 Å². The topological polar surface area (TPSA) is 51.5 Å². The molecule has 0 aliphatic heterocycles. The molecule has 106 valence electrons. The van der Waals surface area contributed by atoms with Crippen molar-refractivity contribution in [1.29, 1.82) is 0 Å². The summed E-state index contributed by atoms with van der Waals surface area (Å²) in [5, 5.41) is 3.34. The van der Waals surface area contributed by atoms with Crippen molar-refractivity contribution in [1.82, 2.24) is 5.32 Å². The predicted molar refractivity (Wildman–Crippen MR) is 79.4 cm³/mol. The Morgan fingerprint density at radius 1 is 1.30 bits per heavy atom. The molecule has 1 N–H and O–H groups in total. The van der Waals surface area contributed by atoms with Crippen LogP contribution in [0.4, 0.5) is 0 Å². The number of methoxy groups -OCH3 is 1. The van der Waals surface area contributed by atoms with Crippen LogP contribution in [0.1, 0.15) is 34.8 Å². The predicted octanol–water partition coefficient (Wildman–Crippen LogP) is 3.68. The quantitative estimate of drug-likeness (QED) is 0.845. The van der Waals surface area contributed by atoms with E-state index in [-0.39, 0.29) is 11.8 Å². The maximum Gasteiger partial charge on any atom is 0.373 e. The number of ether oxygens (including phenoxy) is 1. The zero-order valence-electron chi connectivity index (χ0n) is 11.4. The van der Waals surface area contributed by atoms with E-state index >= 15 is 0 Å². The maximum atomic E-state index is 11.3. The molecule has 2 aromatic rings. The number of benzene rings is 1. The fraction of sp³-hybridized carbons (Fsp3) is 0.267. The Morgan fingerprint density at radius 3 is 2.65 bits per heavy atom. The summed E-state index contributed by atoms with van der Waals surface area (Å²) in [5.74, 6) is 0.465. The zero-order chi connectivity index (χ0) is 14.5. The summed E-state index contributed by atoms with van der Waals surface area (Å²) >= 11 is 3.41. The molecular weight excluding hydrogens is 322 g/mol. The van der Waals surface area contributed by atoms with Crippen molar-refractivity contribution in [3.8, 4) is 0 Å². The molecule has 1 atom stereocenters. The van der Waals surface area contributed by atoms with E-state index in [0.717, 1.165) is 4.47 Å². The van der Waals surface area contributed by atoms with Crippen molar-refractivity contribution < 1.29 is 13.9 Å². The first kappa shape index (κ1) is 14.8. The van der Waals surface area contributed by atoms with Crippen molar-refractivity contribution in [2.45, 2.75) is 19.5 Å². The zero-order valence-corrected chi connectivity index (χ0v) is 12.9.